The van der Waals surface area contributed by atoms with Crippen molar-refractivity contribution >= 4 is 0 Å². The van der Waals surface area contributed by atoms with Gasteiger partial charge in [-0.1, -0.05) is 12.1 Å². The maximum Gasteiger partial charge on any atom is 0.319 e. The first-order chi connectivity index (χ1) is 10.2. The molecule has 5 nitrogen and oxygen atoms in total. The van der Waals surface area contributed by atoms with Gasteiger partial charge in [0, 0.05) is 6.20 Å². The first-order valence-corrected chi connectivity index (χ1v) is 6.71. The zero-order valence-corrected chi connectivity index (χ0v) is 11.9. The Hall–Kier alpha value is -2.21. The lowest BCUT2D eigenvalue weighted by molar-refractivity contribution is 0.206. The molecule has 1 aromatic carbocycles. The maximum absolute atomic E-state index is 12.9. The number of hydrogen-bond donors (Lipinski definition) is 1. The Morgan fingerprint density at radius 3 is 2.43 bits per heavy atom. The molecule has 0 aliphatic carbocycles. The van der Waals surface area contributed by atoms with Crippen LogP contribution in [-0.4, -0.2) is 28.3 Å². The van der Waals surface area contributed by atoms with E-state index in [1.165, 1.54) is 30.5 Å². The molecule has 1 unspecified atom stereocenters. The third-order valence-electron chi connectivity index (χ3n) is 2.79. The second-order valence-electron chi connectivity index (χ2n) is 4.23. The van der Waals surface area contributed by atoms with Gasteiger partial charge in [0.25, 0.3) is 0 Å². The second kappa shape index (κ2) is 6.99. The van der Waals surface area contributed by atoms with E-state index in [-0.39, 0.29) is 17.7 Å². The van der Waals surface area contributed by atoms with E-state index < -0.39 is 6.10 Å². The smallest absolute Gasteiger partial charge is 0.319 e. The van der Waals surface area contributed by atoms with Crippen molar-refractivity contribution in [3.63, 3.8) is 0 Å². The van der Waals surface area contributed by atoms with E-state index in [0.717, 1.165) is 0 Å². The summed E-state index contributed by atoms with van der Waals surface area (Å²) in [7, 11) is 0. The third-order valence-corrected chi connectivity index (χ3v) is 2.79. The van der Waals surface area contributed by atoms with Crippen LogP contribution in [-0.2, 0) is 0 Å². The van der Waals surface area contributed by atoms with Crippen LogP contribution in [0, 0.1) is 5.82 Å². The Morgan fingerprint density at radius 2 is 1.81 bits per heavy atom. The molecular weight excluding hydrogens is 275 g/mol. The van der Waals surface area contributed by atoms with Crippen molar-refractivity contribution in [2.45, 2.75) is 20.0 Å². The first-order valence-electron chi connectivity index (χ1n) is 6.71. The van der Waals surface area contributed by atoms with Gasteiger partial charge in [-0.2, -0.15) is 4.98 Å². The van der Waals surface area contributed by atoms with E-state index in [4.69, 9.17) is 9.47 Å². The lowest BCUT2D eigenvalue weighted by Gasteiger charge is -2.15. The topological polar surface area (TPSA) is 64.5 Å². The predicted octanol–water partition coefficient (Wildman–Crippen LogP) is 2.49. The van der Waals surface area contributed by atoms with E-state index >= 15 is 0 Å². The van der Waals surface area contributed by atoms with Gasteiger partial charge < -0.3 is 14.6 Å². The summed E-state index contributed by atoms with van der Waals surface area (Å²) >= 11 is 0. The Morgan fingerprint density at radius 1 is 1.14 bits per heavy atom. The van der Waals surface area contributed by atoms with Crippen molar-refractivity contribution < 1.29 is 19.0 Å². The number of halogens is 1. The highest BCUT2D eigenvalue weighted by Crippen LogP contribution is 2.29. The molecule has 0 amide bonds. The minimum absolute atomic E-state index is 0.191. The minimum Gasteiger partial charge on any atom is -0.478 e. The fourth-order valence-corrected chi connectivity index (χ4v) is 1.82. The summed E-state index contributed by atoms with van der Waals surface area (Å²) in [6.45, 7) is 4.47. The molecule has 1 heterocycles. The van der Waals surface area contributed by atoms with Crippen molar-refractivity contribution in [3.05, 3.63) is 47.4 Å². The van der Waals surface area contributed by atoms with Crippen LogP contribution in [0.4, 0.5) is 4.39 Å². The fourth-order valence-electron chi connectivity index (χ4n) is 1.82. The van der Waals surface area contributed by atoms with Crippen LogP contribution in [0.15, 0.2) is 30.5 Å². The van der Waals surface area contributed by atoms with Gasteiger partial charge in [-0.25, -0.2) is 9.37 Å². The van der Waals surface area contributed by atoms with Crippen molar-refractivity contribution in [2.24, 2.45) is 0 Å². The summed E-state index contributed by atoms with van der Waals surface area (Å²) in [5.74, 6) is -0.105. The average molecular weight is 292 g/mol. The van der Waals surface area contributed by atoms with Crippen LogP contribution in [0.2, 0.25) is 0 Å². The molecule has 0 aliphatic heterocycles. The number of hydrogen-bond acceptors (Lipinski definition) is 5. The van der Waals surface area contributed by atoms with Gasteiger partial charge in [-0.05, 0) is 31.5 Å². The number of ether oxygens (including phenoxy) is 2. The van der Waals surface area contributed by atoms with E-state index in [2.05, 4.69) is 9.97 Å². The number of rotatable bonds is 6. The van der Waals surface area contributed by atoms with Crippen molar-refractivity contribution in [1.82, 2.24) is 9.97 Å². The average Bonchev–Trinajstić information content (AvgIpc) is 2.48. The van der Waals surface area contributed by atoms with E-state index in [9.17, 15) is 9.50 Å². The molecule has 0 saturated heterocycles. The number of aliphatic hydroxyl groups is 1. The highest BCUT2D eigenvalue weighted by atomic mass is 19.1. The fraction of sp³-hybridized carbons (Fsp3) is 0.333. The van der Waals surface area contributed by atoms with Gasteiger partial charge in [0.05, 0.1) is 18.8 Å². The molecule has 6 heteroatoms. The molecule has 112 valence electrons. The summed E-state index contributed by atoms with van der Waals surface area (Å²) in [5.41, 5.74) is 0.942. The second-order valence-corrected chi connectivity index (χ2v) is 4.23. The molecule has 0 aliphatic rings. The molecule has 1 N–H and O–H groups in total. The third kappa shape index (κ3) is 3.66. The number of nitrogens with zero attached hydrogens (tertiary/aromatic N) is 2. The molecule has 1 atom stereocenters. The SMILES string of the molecule is CCOc1ncc(C(O)c2ccc(F)cc2)c(OCC)n1. The van der Waals surface area contributed by atoms with Crippen molar-refractivity contribution in [2.75, 3.05) is 13.2 Å². The number of aliphatic hydroxyl groups excluding tert-OH is 1. The molecule has 2 rings (SSSR count). The highest BCUT2D eigenvalue weighted by molar-refractivity contribution is 5.35. The van der Waals surface area contributed by atoms with Crippen molar-refractivity contribution in [1.29, 1.82) is 0 Å². The highest BCUT2D eigenvalue weighted by Gasteiger charge is 2.19. The Kier molecular flexibility index (Phi) is 5.05. The lowest BCUT2D eigenvalue weighted by Crippen LogP contribution is -2.08. The van der Waals surface area contributed by atoms with E-state index in [1.807, 2.05) is 13.8 Å². The van der Waals surface area contributed by atoms with E-state index in [1.54, 1.807) is 0 Å². The quantitative estimate of drug-likeness (QED) is 0.886. The van der Waals surface area contributed by atoms with Gasteiger partial charge >= 0.3 is 6.01 Å². The molecule has 0 bridgehead atoms. The molecule has 0 radical (unpaired) electrons. The number of aromatic nitrogens is 2. The van der Waals surface area contributed by atoms with Crippen molar-refractivity contribution in [3.8, 4) is 11.9 Å². The Balaban J connectivity index is 2.34. The summed E-state index contributed by atoms with van der Waals surface area (Å²) in [5, 5.41) is 10.4. The normalized spacial score (nSPS) is 12.0. The summed E-state index contributed by atoms with van der Waals surface area (Å²) < 4.78 is 23.6. The molecule has 0 saturated carbocycles. The lowest BCUT2D eigenvalue weighted by atomic mass is 10.0. The Bertz CT molecular complexity index is 590. The first kappa shape index (κ1) is 15.2. The van der Waals surface area contributed by atoms with Crippen LogP contribution < -0.4 is 9.47 Å². The van der Waals surface area contributed by atoms with Gasteiger partial charge in [-0.3, -0.25) is 0 Å². The molecule has 1 aromatic heterocycles. The zero-order valence-electron chi connectivity index (χ0n) is 11.9. The molecule has 21 heavy (non-hydrogen) atoms. The van der Waals surface area contributed by atoms with Gasteiger partial charge in [0.15, 0.2) is 0 Å². The van der Waals surface area contributed by atoms with Gasteiger partial charge in [0.2, 0.25) is 5.88 Å². The standard InChI is InChI=1S/C15H17FN2O3/c1-3-20-14-12(9-17-15(18-14)21-4-2)13(19)10-5-7-11(16)8-6-10/h5-9,13,19H,3-4H2,1-2H3. The minimum atomic E-state index is -0.997. The molecule has 0 fully saturated rings. The van der Waals surface area contributed by atoms with Gasteiger partial charge in [0.1, 0.15) is 11.9 Å². The summed E-state index contributed by atoms with van der Waals surface area (Å²) in [6.07, 6.45) is 0.458. The monoisotopic (exact) mass is 292 g/mol. The number of benzene rings is 1. The van der Waals surface area contributed by atoms with E-state index in [0.29, 0.717) is 24.3 Å². The molecular formula is C15H17FN2O3. The summed E-state index contributed by atoms with van der Waals surface area (Å²) in [4.78, 5) is 8.15. The van der Waals surface area contributed by atoms with Crippen LogP contribution >= 0.6 is 0 Å². The van der Waals surface area contributed by atoms with Crippen LogP contribution in [0.25, 0.3) is 0 Å². The zero-order chi connectivity index (χ0) is 15.2. The summed E-state index contributed by atoms with van der Waals surface area (Å²) in [6, 6.07) is 5.78. The van der Waals surface area contributed by atoms with Gasteiger partial charge in [-0.15, -0.1) is 0 Å². The Labute approximate surface area is 122 Å². The largest absolute Gasteiger partial charge is 0.478 e. The molecule has 2 aromatic rings. The molecule has 0 spiro atoms. The predicted molar refractivity (Wildman–Crippen MR) is 74.8 cm³/mol. The van der Waals surface area contributed by atoms with Crippen LogP contribution in [0.5, 0.6) is 11.9 Å². The van der Waals surface area contributed by atoms with Crippen LogP contribution in [0.1, 0.15) is 31.1 Å². The van der Waals surface area contributed by atoms with Crippen LogP contribution in [0.3, 0.4) is 0 Å². The maximum atomic E-state index is 12.9.